The van der Waals surface area contributed by atoms with Crippen LogP contribution >= 0.6 is 11.8 Å². The summed E-state index contributed by atoms with van der Waals surface area (Å²) < 4.78 is 14.6. The SMILES string of the molecule is Cn1c(SCC(O)CO)nnc1-c1ccc(F)cc1. The minimum Gasteiger partial charge on any atom is -0.394 e. The summed E-state index contributed by atoms with van der Waals surface area (Å²) in [6, 6.07) is 6.01. The molecule has 0 amide bonds. The fourth-order valence-electron chi connectivity index (χ4n) is 1.51. The highest BCUT2D eigenvalue weighted by Crippen LogP contribution is 2.23. The molecule has 1 aromatic carbocycles. The average molecular weight is 283 g/mol. The van der Waals surface area contributed by atoms with Crippen LogP contribution in [0.2, 0.25) is 0 Å². The number of hydrogen-bond acceptors (Lipinski definition) is 5. The molecule has 1 heterocycles. The van der Waals surface area contributed by atoms with Gasteiger partial charge in [-0.3, -0.25) is 0 Å². The molecular formula is C12H14FN3O2S. The van der Waals surface area contributed by atoms with Crippen LogP contribution in [0.3, 0.4) is 0 Å². The van der Waals surface area contributed by atoms with Crippen LogP contribution in [0.1, 0.15) is 0 Å². The monoisotopic (exact) mass is 283 g/mol. The molecule has 0 radical (unpaired) electrons. The van der Waals surface area contributed by atoms with E-state index >= 15 is 0 Å². The van der Waals surface area contributed by atoms with Gasteiger partial charge in [0, 0.05) is 18.4 Å². The molecule has 5 nitrogen and oxygen atoms in total. The van der Waals surface area contributed by atoms with Crippen LogP contribution in [-0.4, -0.2) is 43.4 Å². The van der Waals surface area contributed by atoms with Gasteiger partial charge < -0.3 is 14.8 Å². The van der Waals surface area contributed by atoms with E-state index in [1.165, 1.54) is 23.9 Å². The van der Waals surface area contributed by atoms with Gasteiger partial charge in [-0.2, -0.15) is 0 Å². The number of halogens is 1. The summed E-state index contributed by atoms with van der Waals surface area (Å²) in [4.78, 5) is 0. The maximum Gasteiger partial charge on any atom is 0.191 e. The second-order valence-electron chi connectivity index (χ2n) is 4.02. The van der Waals surface area contributed by atoms with E-state index in [9.17, 15) is 9.50 Å². The van der Waals surface area contributed by atoms with E-state index < -0.39 is 6.10 Å². The van der Waals surface area contributed by atoms with E-state index in [1.54, 1.807) is 23.7 Å². The van der Waals surface area contributed by atoms with E-state index in [2.05, 4.69) is 10.2 Å². The zero-order valence-corrected chi connectivity index (χ0v) is 11.1. The molecule has 2 rings (SSSR count). The van der Waals surface area contributed by atoms with Gasteiger partial charge in [0.2, 0.25) is 0 Å². The van der Waals surface area contributed by atoms with Crippen molar-refractivity contribution >= 4 is 11.8 Å². The first-order valence-corrected chi connectivity index (χ1v) is 6.67. The maximum absolute atomic E-state index is 12.9. The minimum atomic E-state index is -0.782. The van der Waals surface area contributed by atoms with Gasteiger partial charge in [0.1, 0.15) is 5.82 Å². The molecule has 2 N–H and O–H groups in total. The Morgan fingerprint density at radius 2 is 2.00 bits per heavy atom. The zero-order valence-electron chi connectivity index (χ0n) is 10.3. The first kappa shape index (κ1) is 14.0. The third kappa shape index (κ3) is 3.31. The van der Waals surface area contributed by atoms with Crippen LogP contribution in [0.15, 0.2) is 29.4 Å². The van der Waals surface area contributed by atoms with Crippen molar-refractivity contribution < 1.29 is 14.6 Å². The fraction of sp³-hybridized carbons (Fsp3) is 0.333. The number of thioether (sulfide) groups is 1. The Labute approximate surface area is 114 Å². The van der Waals surface area contributed by atoms with E-state index in [-0.39, 0.29) is 12.4 Å². The summed E-state index contributed by atoms with van der Waals surface area (Å²) in [5.41, 5.74) is 0.769. The van der Waals surface area contributed by atoms with Crippen molar-refractivity contribution in [3.63, 3.8) is 0 Å². The van der Waals surface area contributed by atoms with Crippen molar-refractivity contribution in [1.29, 1.82) is 0 Å². The normalized spacial score (nSPS) is 12.6. The lowest BCUT2D eigenvalue weighted by molar-refractivity contribution is 0.113. The number of benzene rings is 1. The lowest BCUT2D eigenvalue weighted by Crippen LogP contribution is -2.15. The Kier molecular flexibility index (Phi) is 4.52. The lowest BCUT2D eigenvalue weighted by Gasteiger charge is -2.06. The van der Waals surface area contributed by atoms with Gasteiger partial charge in [0.05, 0.1) is 12.7 Å². The first-order valence-electron chi connectivity index (χ1n) is 5.69. The zero-order chi connectivity index (χ0) is 13.8. The summed E-state index contributed by atoms with van der Waals surface area (Å²) >= 11 is 1.30. The van der Waals surface area contributed by atoms with E-state index in [1.807, 2.05) is 0 Å². The maximum atomic E-state index is 12.9. The van der Waals surface area contributed by atoms with Crippen molar-refractivity contribution in [3.8, 4) is 11.4 Å². The number of hydrogen-bond donors (Lipinski definition) is 2. The van der Waals surface area contributed by atoms with Gasteiger partial charge in [-0.15, -0.1) is 10.2 Å². The molecule has 0 fully saturated rings. The van der Waals surface area contributed by atoms with Crippen LogP contribution in [0.4, 0.5) is 4.39 Å². The quantitative estimate of drug-likeness (QED) is 0.803. The van der Waals surface area contributed by atoms with Gasteiger partial charge in [-0.05, 0) is 24.3 Å². The molecule has 1 aromatic heterocycles. The first-order chi connectivity index (χ1) is 9.11. The smallest absolute Gasteiger partial charge is 0.191 e. The number of nitrogens with zero attached hydrogens (tertiary/aromatic N) is 3. The Bertz CT molecular complexity index is 544. The average Bonchev–Trinajstić information content (AvgIpc) is 2.78. The van der Waals surface area contributed by atoms with Gasteiger partial charge in [-0.25, -0.2) is 4.39 Å². The molecule has 7 heteroatoms. The summed E-state index contributed by atoms with van der Waals surface area (Å²) in [6.45, 7) is -0.282. The summed E-state index contributed by atoms with van der Waals surface area (Å²) in [6.07, 6.45) is -0.782. The largest absolute Gasteiger partial charge is 0.394 e. The number of aromatic nitrogens is 3. The number of aliphatic hydroxyl groups excluding tert-OH is 2. The molecule has 0 saturated carbocycles. The molecular weight excluding hydrogens is 269 g/mol. The van der Waals surface area contributed by atoms with Crippen LogP contribution in [-0.2, 0) is 7.05 Å². The topological polar surface area (TPSA) is 71.2 Å². The van der Waals surface area contributed by atoms with Gasteiger partial charge in [0.15, 0.2) is 11.0 Å². The molecule has 1 unspecified atom stereocenters. The van der Waals surface area contributed by atoms with Crippen molar-refractivity contribution in [3.05, 3.63) is 30.1 Å². The Balaban J connectivity index is 2.16. The molecule has 2 aromatic rings. The predicted molar refractivity (Wildman–Crippen MR) is 70.2 cm³/mol. The summed E-state index contributed by atoms with van der Waals surface area (Å²) in [5, 5.41) is 26.7. The number of aliphatic hydroxyl groups is 2. The van der Waals surface area contributed by atoms with Crippen LogP contribution in [0.5, 0.6) is 0 Å². The molecule has 102 valence electrons. The molecule has 0 aliphatic heterocycles. The lowest BCUT2D eigenvalue weighted by atomic mass is 10.2. The highest BCUT2D eigenvalue weighted by atomic mass is 32.2. The van der Waals surface area contributed by atoms with Gasteiger partial charge in [-0.1, -0.05) is 11.8 Å². The molecule has 0 bridgehead atoms. The second kappa shape index (κ2) is 6.14. The molecule has 0 aliphatic carbocycles. The molecule has 0 aliphatic rings. The Morgan fingerprint density at radius 1 is 1.32 bits per heavy atom. The Hall–Kier alpha value is -1.44. The second-order valence-corrected chi connectivity index (χ2v) is 5.01. The molecule has 0 saturated heterocycles. The highest BCUT2D eigenvalue weighted by Gasteiger charge is 2.12. The van der Waals surface area contributed by atoms with Crippen molar-refractivity contribution in [2.75, 3.05) is 12.4 Å². The number of rotatable bonds is 5. The minimum absolute atomic E-state index is 0.282. The van der Waals surface area contributed by atoms with Crippen LogP contribution in [0.25, 0.3) is 11.4 Å². The van der Waals surface area contributed by atoms with Crippen LogP contribution < -0.4 is 0 Å². The summed E-state index contributed by atoms with van der Waals surface area (Å²) in [5.74, 6) is 0.666. The van der Waals surface area contributed by atoms with Crippen molar-refractivity contribution in [1.82, 2.24) is 14.8 Å². The standard InChI is InChI=1S/C12H14FN3O2S/c1-16-11(8-2-4-9(13)5-3-8)14-15-12(16)19-7-10(18)6-17/h2-5,10,17-18H,6-7H2,1H3. The molecule has 1 atom stereocenters. The summed E-state index contributed by atoms with van der Waals surface area (Å²) in [7, 11) is 1.80. The van der Waals surface area contributed by atoms with Crippen molar-refractivity contribution in [2.45, 2.75) is 11.3 Å². The highest BCUT2D eigenvalue weighted by molar-refractivity contribution is 7.99. The van der Waals surface area contributed by atoms with Gasteiger partial charge in [0.25, 0.3) is 0 Å². The predicted octanol–water partition coefficient (Wildman–Crippen LogP) is 1.07. The third-order valence-electron chi connectivity index (χ3n) is 2.55. The van der Waals surface area contributed by atoms with Gasteiger partial charge >= 0.3 is 0 Å². The molecule has 19 heavy (non-hydrogen) atoms. The van der Waals surface area contributed by atoms with E-state index in [4.69, 9.17) is 5.11 Å². The van der Waals surface area contributed by atoms with E-state index in [0.29, 0.717) is 16.7 Å². The van der Waals surface area contributed by atoms with E-state index in [0.717, 1.165) is 5.56 Å². The Morgan fingerprint density at radius 3 is 2.63 bits per heavy atom. The third-order valence-corrected chi connectivity index (χ3v) is 3.72. The van der Waals surface area contributed by atoms with Crippen LogP contribution in [0, 0.1) is 5.82 Å². The van der Waals surface area contributed by atoms with Crippen molar-refractivity contribution in [2.24, 2.45) is 7.05 Å². The molecule has 0 spiro atoms. The fourth-order valence-corrected chi connectivity index (χ4v) is 2.34.